The number of aliphatic hydroxyl groups excluding tert-OH is 1. The van der Waals surface area contributed by atoms with Crippen molar-refractivity contribution in [1.82, 2.24) is 4.90 Å². The van der Waals surface area contributed by atoms with E-state index in [0.717, 1.165) is 12.1 Å². The molecule has 1 unspecified atom stereocenters. The van der Waals surface area contributed by atoms with Gasteiger partial charge in [0.25, 0.3) is 0 Å². The minimum Gasteiger partial charge on any atom is -0.388 e. The highest BCUT2D eigenvalue weighted by molar-refractivity contribution is 5.19. The van der Waals surface area contributed by atoms with Gasteiger partial charge < -0.3 is 10.0 Å². The number of aliphatic hydroxyl groups is 1. The van der Waals surface area contributed by atoms with Gasteiger partial charge in [0.05, 0.1) is 6.10 Å². The van der Waals surface area contributed by atoms with Crippen molar-refractivity contribution in [3.8, 4) is 0 Å². The van der Waals surface area contributed by atoms with E-state index in [1.54, 1.807) is 0 Å². The molecule has 0 spiro atoms. The fourth-order valence-electron chi connectivity index (χ4n) is 3.22. The van der Waals surface area contributed by atoms with Gasteiger partial charge in [0, 0.05) is 12.0 Å². The van der Waals surface area contributed by atoms with Gasteiger partial charge in [-0.15, -0.1) is 0 Å². The monoisotopic (exact) mass is 275 g/mol. The van der Waals surface area contributed by atoms with Crippen LogP contribution < -0.4 is 0 Å². The average molecular weight is 275 g/mol. The lowest BCUT2D eigenvalue weighted by molar-refractivity contribution is 0.0184. The van der Waals surface area contributed by atoms with Gasteiger partial charge in [0.2, 0.25) is 0 Å². The summed E-state index contributed by atoms with van der Waals surface area (Å²) in [6.07, 6.45) is 6.32. The van der Waals surface area contributed by atoms with Crippen molar-refractivity contribution >= 4 is 0 Å². The predicted octanol–water partition coefficient (Wildman–Crippen LogP) is 4.01. The Morgan fingerprint density at radius 3 is 2.15 bits per heavy atom. The molecule has 1 aliphatic heterocycles. The Hall–Kier alpha value is -0.860. The van der Waals surface area contributed by atoms with Crippen LogP contribution in [0.2, 0.25) is 0 Å². The molecule has 0 aliphatic carbocycles. The first-order chi connectivity index (χ1) is 9.59. The van der Waals surface area contributed by atoms with Crippen molar-refractivity contribution in [2.45, 2.75) is 52.1 Å². The van der Waals surface area contributed by atoms with Crippen LogP contribution in [0.25, 0.3) is 0 Å². The normalized spacial score (nSPS) is 20.1. The first-order valence-electron chi connectivity index (χ1n) is 8.05. The van der Waals surface area contributed by atoms with Crippen molar-refractivity contribution in [3.05, 3.63) is 35.9 Å². The number of rotatable bonds is 4. The smallest absolute Gasteiger partial charge is 0.0853 e. The van der Waals surface area contributed by atoms with E-state index in [-0.39, 0.29) is 5.41 Å². The Bertz CT molecular complexity index is 380. The summed E-state index contributed by atoms with van der Waals surface area (Å²) in [7, 11) is 0. The highest BCUT2D eigenvalue weighted by atomic mass is 16.3. The number of hydrogen-bond donors (Lipinski definition) is 1. The van der Waals surface area contributed by atoms with E-state index < -0.39 is 6.10 Å². The zero-order valence-corrected chi connectivity index (χ0v) is 13.0. The summed E-state index contributed by atoms with van der Waals surface area (Å²) in [5.74, 6) is 0. The molecule has 1 fully saturated rings. The molecule has 0 bridgehead atoms. The zero-order chi connectivity index (χ0) is 14.4. The maximum atomic E-state index is 10.7. The zero-order valence-electron chi connectivity index (χ0n) is 13.0. The first kappa shape index (κ1) is 15.5. The van der Waals surface area contributed by atoms with Gasteiger partial charge in [-0.3, -0.25) is 0 Å². The van der Waals surface area contributed by atoms with Crippen molar-refractivity contribution in [2.24, 2.45) is 5.41 Å². The molecule has 20 heavy (non-hydrogen) atoms. The van der Waals surface area contributed by atoms with E-state index in [9.17, 15) is 5.11 Å². The van der Waals surface area contributed by atoms with Crippen LogP contribution in [-0.2, 0) is 0 Å². The van der Waals surface area contributed by atoms with Gasteiger partial charge in [-0.2, -0.15) is 0 Å². The number of nitrogens with zero attached hydrogens (tertiary/aromatic N) is 1. The summed E-state index contributed by atoms with van der Waals surface area (Å²) in [6, 6.07) is 10.1. The molecule has 0 radical (unpaired) electrons. The number of benzene rings is 1. The number of hydrogen-bond acceptors (Lipinski definition) is 2. The molecule has 0 aromatic heterocycles. The third kappa shape index (κ3) is 4.32. The van der Waals surface area contributed by atoms with E-state index in [1.165, 1.54) is 45.2 Å². The molecule has 1 aliphatic rings. The molecule has 1 aromatic carbocycles. The highest BCUT2D eigenvalue weighted by Crippen LogP contribution is 2.34. The van der Waals surface area contributed by atoms with Crippen molar-refractivity contribution < 1.29 is 5.11 Å². The summed E-state index contributed by atoms with van der Waals surface area (Å²) < 4.78 is 0. The largest absolute Gasteiger partial charge is 0.388 e. The second kappa shape index (κ2) is 7.24. The highest BCUT2D eigenvalue weighted by Gasteiger charge is 2.31. The molecule has 1 heterocycles. The molecular formula is C18H29NO. The summed E-state index contributed by atoms with van der Waals surface area (Å²) in [5.41, 5.74) is 0.921. The van der Waals surface area contributed by atoms with Crippen LogP contribution in [0.5, 0.6) is 0 Å². The van der Waals surface area contributed by atoms with Crippen molar-refractivity contribution in [1.29, 1.82) is 0 Å². The van der Waals surface area contributed by atoms with Crippen LogP contribution in [-0.4, -0.2) is 29.6 Å². The maximum absolute atomic E-state index is 10.7. The molecule has 0 saturated carbocycles. The van der Waals surface area contributed by atoms with E-state index in [0.29, 0.717) is 0 Å². The van der Waals surface area contributed by atoms with Gasteiger partial charge in [-0.05, 0) is 31.5 Å². The Morgan fingerprint density at radius 1 is 1.00 bits per heavy atom. The van der Waals surface area contributed by atoms with Crippen LogP contribution in [0.3, 0.4) is 0 Å². The lowest BCUT2D eigenvalue weighted by Gasteiger charge is -2.37. The Morgan fingerprint density at radius 2 is 1.55 bits per heavy atom. The van der Waals surface area contributed by atoms with Crippen molar-refractivity contribution in [2.75, 3.05) is 19.6 Å². The van der Waals surface area contributed by atoms with Crippen LogP contribution in [0.1, 0.15) is 57.6 Å². The maximum Gasteiger partial charge on any atom is 0.0853 e. The molecule has 1 N–H and O–H groups in total. The van der Waals surface area contributed by atoms with Crippen LogP contribution in [0.15, 0.2) is 30.3 Å². The van der Waals surface area contributed by atoms with Crippen LogP contribution >= 0.6 is 0 Å². The minimum atomic E-state index is -0.394. The Labute approximate surface area is 123 Å². The molecule has 1 saturated heterocycles. The lowest BCUT2D eigenvalue weighted by atomic mass is 9.82. The molecule has 2 rings (SSSR count). The van der Waals surface area contributed by atoms with E-state index in [4.69, 9.17) is 0 Å². The second-order valence-electron chi connectivity index (χ2n) is 6.85. The Balaban J connectivity index is 1.98. The van der Waals surface area contributed by atoms with E-state index >= 15 is 0 Å². The summed E-state index contributed by atoms with van der Waals surface area (Å²) in [6.45, 7) is 7.71. The quantitative estimate of drug-likeness (QED) is 0.897. The standard InChI is InChI=1S/C18H29NO/c1-18(2,17(20)16-11-7-6-8-12-16)15-19-13-9-4-3-5-10-14-19/h6-8,11-12,17,20H,3-5,9-10,13-15H2,1-2H3. The lowest BCUT2D eigenvalue weighted by Crippen LogP contribution is -2.39. The predicted molar refractivity (Wildman–Crippen MR) is 84.7 cm³/mol. The molecule has 2 heteroatoms. The number of likely N-dealkylation sites (tertiary alicyclic amines) is 1. The molecule has 2 nitrogen and oxygen atoms in total. The van der Waals surface area contributed by atoms with E-state index in [1.807, 2.05) is 30.3 Å². The fraction of sp³-hybridized carbons (Fsp3) is 0.667. The molecule has 1 aromatic rings. The molecule has 1 atom stereocenters. The van der Waals surface area contributed by atoms with Gasteiger partial charge in [-0.25, -0.2) is 0 Å². The molecule has 0 amide bonds. The average Bonchev–Trinajstić information content (AvgIpc) is 2.42. The minimum absolute atomic E-state index is 0.111. The SMILES string of the molecule is CC(C)(CN1CCCCCCC1)C(O)c1ccccc1. The third-order valence-corrected chi connectivity index (χ3v) is 4.44. The van der Waals surface area contributed by atoms with Gasteiger partial charge >= 0.3 is 0 Å². The van der Waals surface area contributed by atoms with E-state index in [2.05, 4.69) is 18.7 Å². The molecule has 112 valence electrons. The second-order valence-corrected chi connectivity index (χ2v) is 6.85. The van der Waals surface area contributed by atoms with Crippen molar-refractivity contribution in [3.63, 3.8) is 0 Å². The summed E-state index contributed by atoms with van der Waals surface area (Å²) >= 11 is 0. The van der Waals surface area contributed by atoms with Gasteiger partial charge in [-0.1, -0.05) is 63.4 Å². The topological polar surface area (TPSA) is 23.5 Å². The third-order valence-electron chi connectivity index (χ3n) is 4.44. The van der Waals surface area contributed by atoms with Crippen LogP contribution in [0.4, 0.5) is 0 Å². The molecular weight excluding hydrogens is 246 g/mol. The summed E-state index contributed by atoms with van der Waals surface area (Å²) in [5, 5.41) is 10.7. The summed E-state index contributed by atoms with van der Waals surface area (Å²) in [4.78, 5) is 2.55. The van der Waals surface area contributed by atoms with Gasteiger partial charge in [0.1, 0.15) is 0 Å². The van der Waals surface area contributed by atoms with Gasteiger partial charge in [0.15, 0.2) is 0 Å². The first-order valence-corrected chi connectivity index (χ1v) is 8.05. The fourth-order valence-corrected chi connectivity index (χ4v) is 3.22. The Kier molecular flexibility index (Phi) is 5.62. The van der Waals surface area contributed by atoms with Crippen LogP contribution in [0, 0.1) is 5.41 Å².